The first-order chi connectivity index (χ1) is 8.08. The van der Waals surface area contributed by atoms with E-state index >= 15 is 0 Å². The van der Waals surface area contributed by atoms with Gasteiger partial charge in [-0.05, 0) is 12.8 Å². The van der Waals surface area contributed by atoms with Gasteiger partial charge in [-0.2, -0.15) is 0 Å². The van der Waals surface area contributed by atoms with Crippen LogP contribution in [0.2, 0.25) is 0 Å². The maximum absolute atomic E-state index is 11.5. The van der Waals surface area contributed by atoms with Crippen molar-refractivity contribution in [3.05, 3.63) is 0 Å². The van der Waals surface area contributed by atoms with Crippen LogP contribution in [0, 0.1) is 5.92 Å². The SMILES string of the molecule is O=C(NCC1CNC1)NCC1CCCS1(=O)=O. The largest absolute Gasteiger partial charge is 0.338 e. The summed E-state index contributed by atoms with van der Waals surface area (Å²) >= 11 is 0. The molecule has 2 aliphatic heterocycles. The van der Waals surface area contributed by atoms with Gasteiger partial charge in [0.25, 0.3) is 0 Å². The van der Waals surface area contributed by atoms with E-state index < -0.39 is 15.1 Å². The molecule has 0 radical (unpaired) electrons. The predicted molar refractivity (Wildman–Crippen MR) is 64.6 cm³/mol. The first-order valence-corrected chi connectivity index (χ1v) is 7.73. The zero-order valence-electron chi connectivity index (χ0n) is 9.74. The Morgan fingerprint density at radius 3 is 2.47 bits per heavy atom. The van der Waals surface area contributed by atoms with Crippen LogP contribution in [0.1, 0.15) is 12.8 Å². The van der Waals surface area contributed by atoms with Crippen molar-refractivity contribution in [2.45, 2.75) is 18.1 Å². The summed E-state index contributed by atoms with van der Waals surface area (Å²) in [4.78, 5) is 11.4. The molecule has 0 aliphatic carbocycles. The summed E-state index contributed by atoms with van der Waals surface area (Å²) in [5.74, 6) is 0.769. The number of amides is 2. The zero-order valence-corrected chi connectivity index (χ0v) is 10.6. The Labute approximate surface area is 101 Å². The number of carbonyl (C=O) groups is 1. The van der Waals surface area contributed by atoms with Crippen LogP contribution in [0.4, 0.5) is 4.79 Å². The zero-order chi connectivity index (χ0) is 12.3. The molecule has 2 heterocycles. The van der Waals surface area contributed by atoms with Crippen LogP contribution >= 0.6 is 0 Å². The highest BCUT2D eigenvalue weighted by Crippen LogP contribution is 2.18. The molecular formula is C10H19N3O3S. The van der Waals surface area contributed by atoms with E-state index in [4.69, 9.17) is 0 Å². The third kappa shape index (κ3) is 3.32. The molecule has 2 rings (SSSR count). The van der Waals surface area contributed by atoms with Crippen LogP contribution in [0.3, 0.4) is 0 Å². The van der Waals surface area contributed by atoms with E-state index in [1.807, 2.05) is 0 Å². The van der Waals surface area contributed by atoms with Gasteiger partial charge in [0.1, 0.15) is 0 Å². The first-order valence-electron chi connectivity index (χ1n) is 6.02. The minimum Gasteiger partial charge on any atom is -0.338 e. The summed E-state index contributed by atoms with van der Waals surface area (Å²) < 4.78 is 23.0. The molecule has 1 unspecified atom stereocenters. The van der Waals surface area contributed by atoms with Crippen LogP contribution in [-0.4, -0.2) is 51.6 Å². The Hall–Kier alpha value is -0.820. The topological polar surface area (TPSA) is 87.3 Å². The lowest BCUT2D eigenvalue weighted by atomic mass is 10.0. The van der Waals surface area contributed by atoms with E-state index in [-0.39, 0.29) is 18.3 Å². The summed E-state index contributed by atoms with van der Waals surface area (Å²) in [6, 6.07) is -0.265. The molecule has 2 amide bonds. The molecule has 7 heteroatoms. The molecular weight excluding hydrogens is 242 g/mol. The fraction of sp³-hybridized carbons (Fsp3) is 0.900. The van der Waals surface area contributed by atoms with E-state index in [2.05, 4.69) is 16.0 Å². The summed E-state index contributed by atoms with van der Waals surface area (Å²) in [6.45, 7) is 2.77. The molecule has 2 saturated heterocycles. The lowest BCUT2D eigenvalue weighted by Gasteiger charge is -2.27. The van der Waals surface area contributed by atoms with Crippen molar-refractivity contribution >= 4 is 15.9 Å². The molecule has 0 spiro atoms. The van der Waals surface area contributed by atoms with E-state index in [0.29, 0.717) is 25.3 Å². The fourth-order valence-electron chi connectivity index (χ4n) is 2.09. The molecule has 0 aromatic rings. The van der Waals surface area contributed by atoms with Crippen molar-refractivity contribution in [2.75, 3.05) is 31.9 Å². The molecule has 0 bridgehead atoms. The lowest BCUT2D eigenvalue weighted by molar-refractivity contribution is 0.235. The minimum absolute atomic E-state index is 0.233. The molecule has 98 valence electrons. The van der Waals surface area contributed by atoms with E-state index in [9.17, 15) is 13.2 Å². The van der Waals surface area contributed by atoms with Crippen molar-refractivity contribution in [1.82, 2.24) is 16.0 Å². The van der Waals surface area contributed by atoms with Gasteiger partial charge in [0, 0.05) is 32.1 Å². The fourth-order valence-corrected chi connectivity index (χ4v) is 3.85. The second-order valence-corrected chi connectivity index (χ2v) is 7.15. The predicted octanol–water partition coefficient (Wildman–Crippen LogP) is -0.918. The van der Waals surface area contributed by atoms with E-state index in [0.717, 1.165) is 13.1 Å². The maximum atomic E-state index is 11.5. The van der Waals surface area contributed by atoms with Crippen molar-refractivity contribution in [3.8, 4) is 0 Å². The molecule has 6 nitrogen and oxygen atoms in total. The lowest BCUT2D eigenvalue weighted by Crippen LogP contribution is -2.50. The van der Waals surface area contributed by atoms with Crippen LogP contribution < -0.4 is 16.0 Å². The molecule has 17 heavy (non-hydrogen) atoms. The number of urea groups is 1. The Morgan fingerprint density at radius 1 is 1.24 bits per heavy atom. The molecule has 2 fully saturated rings. The minimum atomic E-state index is -2.96. The van der Waals surface area contributed by atoms with Crippen molar-refractivity contribution in [3.63, 3.8) is 0 Å². The Morgan fingerprint density at radius 2 is 1.94 bits per heavy atom. The maximum Gasteiger partial charge on any atom is 0.314 e. The van der Waals surface area contributed by atoms with Gasteiger partial charge in [-0.1, -0.05) is 0 Å². The van der Waals surface area contributed by atoms with Crippen LogP contribution in [0.5, 0.6) is 0 Å². The molecule has 0 aromatic carbocycles. The standard InChI is InChI=1S/C10H19N3O3S/c14-10(12-6-8-4-11-5-8)13-7-9-2-1-3-17(9,15)16/h8-9,11H,1-7H2,(H2,12,13,14). The average molecular weight is 261 g/mol. The Balaban J connectivity index is 1.65. The molecule has 0 aromatic heterocycles. The number of rotatable bonds is 4. The quantitative estimate of drug-likeness (QED) is 0.611. The molecule has 1 atom stereocenters. The van der Waals surface area contributed by atoms with Gasteiger partial charge in [0.15, 0.2) is 9.84 Å². The van der Waals surface area contributed by atoms with Gasteiger partial charge >= 0.3 is 6.03 Å². The van der Waals surface area contributed by atoms with Gasteiger partial charge in [-0.15, -0.1) is 0 Å². The van der Waals surface area contributed by atoms with E-state index in [1.54, 1.807) is 0 Å². The number of hydrogen-bond acceptors (Lipinski definition) is 4. The van der Waals surface area contributed by atoms with Gasteiger partial charge in [0.05, 0.1) is 11.0 Å². The van der Waals surface area contributed by atoms with E-state index in [1.165, 1.54) is 0 Å². The number of hydrogen-bond donors (Lipinski definition) is 3. The first kappa shape index (κ1) is 12.6. The van der Waals surface area contributed by atoms with Gasteiger partial charge in [0.2, 0.25) is 0 Å². The third-order valence-corrected chi connectivity index (χ3v) is 5.65. The van der Waals surface area contributed by atoms with Gasteiger partial charge in [-0.3, -0.25) is 0 Å². The Bertz CT molecular complexity index is 378. The smallest absolute Gasteiger partial charge is 0.314 e. The van der Waals surface area contributed by atoms with Crippen LogP contribution in [0.25, 0.3) is 0 Å². The second kappa shape index (κ2) is 5.22. The highest BCUT2D eigenvalue weighted by molar-refractivity contribution is 7.92. The number of carbonyl (C=O) groups excluding carboxylic acids is 1. The molecule has 0 saturated carbocycles. The second-order valence-electron chi connectivity index (χ2n) is 4.75. The molecule has 3 N–H and O–H groups in total. The van der Waals surface area contributed by atoms with Crippen molar-refractivity contribution in [1.29, 1.82) is 0 Å². The summed E-state index contributed by atoms with van der Waals surface area (Å²) in [5, 5.41) is 8.12. The van der Waals surface area contributed by atoms with Crippen LogP contribution in [0.15, 0.2) is 0 Å². The Kier molecular flexibility index (Phi) is 3.88. The van der Waals surface area contributed by atoms with Crippen molar-refractivity contribution in [2.24, 2.45) is 5.92 Å². The summed E-state index contributed by atoms with van der Waals surface area (Å²) in [6.07, 6.45) is 1.37. The highest BCUT2D eigenvalue weighted by atomic mass is 32.2. The summed E-state index contributed by atoms with van der Waals surface area (Å²) in [5.41, 5.74) is 0. The van der Waals surface area contributed by atoms with Gasteiger partial charge in [-0.25, -0.2) is 13.2 Å². The normalized spacial score (nSPS) is 27.4. The van der Waals surface area contributed by atoms with Crippen LogP contribution in [-0.2, 0) is 9.84 Å². The highest BCUT2D eigenvalue weighted by Gasteiger charge is 2.31. The summed E-state index contributed by atoms with van der Waals surface area (Å²) in [7, 11) is -2.96. The number of nitrogens with one attached hydrogen (secondary N) is 3. The third-order valence-electron chi connectivity index (χ3n) is 3.37. The average Bonchev–Trinajstić information content (AvgIpc) is 2.52. The monoisotopic (exact) mass is 261 g/mol. The van der Waals surface area contributed by atoms with Crippen molar-refractivity contribution < 1.29 is 13.2 Å². The number of sulfone groups is 1. The van der Waals surface area contributed by atoms with Gasteiger partial charge < -0.3 is 16.0 Å². The molecule has 2 aliphatic rings.